The zero-order valence-electron chi connectivity index (χ0n) is 15.9. The van der Waals surface area contributed by atoms with Crippen LogP contribution >= 0.6 is 0 Å². The molecule has 24 heavy (non-hydrogen) atoms. The molecule has 0 saturated carbocycles. The van der Waals surface area contributed by atoms with Gasteiger partial charge in [-0.1, -0.05) is 88.9 Å². The molecule has 2 rings (SSSR count). The van der Waals surface area contributed by atoms with Crippen LogP contribution in [-0.2, 0) is 0 Å². The smallest absolute Gasteiger partial charge is 0.188 e. The van der Waals surface area contributed by atoms with E-state index in [4.69, 9.17) is 0 Å². The third-order valence-electron chi connectivity index (χ3n) is 3.54. The van der Waals surface area contributed by atoms with Gasteiger partial charge in [-0.05, 0) is 42.9 Å². The van der Waals surface area contributed by atoms with Crippen molar-refractivity contribution in [3.63, 3.8) is 0 Å². The van der Waals surface area contributed by atoms with Crippen molar-refractivity contribution in [2.24, 2.45) is 0 Å². The third-order valence-corrected chi connectivity index (χ3v) is 3.54. The lowest BCUT2D eigenvalue weighted by Gasteiger charge is -2.05. The van der Waals surface area contributed by atoms with Crippen molar-refractivity contribution >= 4 is 11.4 Å². The van der Waals surface area contributed by atoms with Gasteiger partial charge < -0.3 is 0 Å². The number of benzene rings is 1. The Kier molecular flexibility index (Phi) is 12.1. The fourth-order valence-corrected chi connectivity index (χ4v) is 2.41. The summed E-state index contributed by atoms with van der Waals surface area (Å²) in [6.07, 6.45) is 12.9. The number of ketones is 1. The highest BCUT2D eigenvalue weighted by Gasteiger charge is 2.15. The molecule has 0 spiro atoms. The van der Waals surface area contributed by atoms with E-state index in [2.05, 4.69) is 18.7 Å². The number of rotatable bonds is 5. The van der Waals surface area contributed by atoms with E-state index in [1.54, 1.807) is 6.08 Å². The van der Waals surface area contributed by atoms with Crippen molar-refractivity contribution in [3.05, 3.63) is 77.9 Å². The molecule has 130 valence electrons. The standard InChI is InChI=1S/C19H20O.2C2H6/c1-3-5-8-15(4-2)16-11-13-18(14-12-16)19(20)17-9-6-7-10-17;2*1-2/h3-5,8-9,11-14H,1,6-7,10H2,2H3;2*1-2H3/b8-5-,15-4+;;. The minimum atomic E-state index is 0.178. The SMILES string of the molecule is C=C/C=C\C(=C/C)c1ccc(C(=O)C2=CCCC2)cc1.CC.CC. The van der Waals surface area contributed by atoms with Crippen molar-refractivity contribution in [2.75, 3.05) is 0 Å². The first-order valence-corrected chi connectivity index (χ1v) is 9.06. The highest BCUT2D eigenvalue weighted by Crippen LogP contribution is 2.23. The van der Waals surface area contributed by atoms with E-state index < -0.39 is 0 Å². The predicted molar refractivity (Wildman–Crippen MR) is 108 cm³/mol. The summed E-state index contributed by atoms with van der Waals surface area (Å²) in [5.41, 5.74) is 3.99. The van der Waals surface area contributed by atoms with Gasteiger partial charge in [0.1, 0.15) is 0 Å². The molecule has 1 aromatic rings. The van der Waals surface area contributed by atoms with E-state index in [9.17, 15) is 4.79 Å². The fraction of sp³-hybridized carbons (Fsp3) is 0.348. The molecular formula is C23H32O. The molecule has 0 radical (unpaired) electrons. The molecule has 0 heterocycles. The molecule has 0 amide bonds. The van der Waals surface area contributed by atoms with Crippen LogP contribution in [0.2, 0.25) is 0 Å². The summed E-state index contributed by atoms with van der Waals surface area (Å²) < 4.78 is 0. The second-order valence-electron chi connectivity index (χ2n) is 4.87. The monoisotopic (exact) mass is 324 g/mol. The van der Waals surface area contributed by atoms with E-state index in [1.807, 2.05) is 71.0 Å². The molecule has 1 aliphatic rings. The van der Waals surface area contributed by atoms with Gasteiger partial charge in [-0.2, -0.15) is 0 Å². The van der Waals surface area contributed by atoms with Gasteiger partial charge in [0.25, 0.3) is 0 Å². The summed E-state index contributed by atoms with van der Waals surface area (Å²) in [5.74, 6) is 0.178. The van der Waals surface area contributed by atoms with Gasteiger partial charge in [0.05, 0.1) is 0 Å². The van der Waals surface area contributed by atoms with Crippen molar-refractivity contribution in [1.29, 1.82) is 0 Å². The molecule has 1 aromatic carbocycles. The van der Waals surface area contributed by atoms with Crippen LogP contribution < -0.4 is 0 Å². The zero-order valence-corrected chi connectivity index (χ0v) is 15.9. The Hall–Kier alpha value is -2.15. The molecule has 1 nitrogen and oxygen atoms in total. The molecule has 0 aromatic heterocycles. The number of hydrogen-bond acceptors (Lipinski definition) is 1. The maximum Gasteiger partial charge on any atom is 0.188 e. The van der Waals surface area contributed by atoms with Crippen LogP contribution in [-0.4, -0.2) is 5.78 Å². The quantitative estimate of drug-likeness (QED) is 0.414. The summed E-state index contributed by atoms with van der Waals surface area (Å²) in [7, 11) is 0. The Morgan fingerprint density at radius 3 is 2.08 bits per heavy atom. The Bertz CT molecular complexity index is 583. The van der Waals surface area contributed by atoms with Crippen molar-refractivity contribution in [2.45, 2.75) is 53.9 Å². The Labute approximate surface area is 148 Å². The van der Waals surface area contributed by atoms with Gasteiger partial charge in [0, 0.05) is 5.56 Å². The lowest BCUT2D eigenvalue weighted by atomic mass is 9.99. The van der Waals surface area contributed by atoms with Crippen LogP contribution in [0.3, 0.4) is 0 Å². The summed E-state index contributed by atoms with van der Waals surface area (Å²) in [6.45, 7) is 13.7. The highest BCUT2D eigenvalue weighted by molar-refractivity contribution is 6.09. The second kappa shape index (κ2) is 13.3. The second-order valence-corrected chi connectivity index (χ2v) is 4.87. The van der Waals surface area contributed by atoms with Gasteiger partial charge in [0.15, 0.2) is 5.78 Å². The van der Waals surface area contributed by atoms with E-state index >= 15 is 0 Å². The van der Waals surface area contributed by atoms with Crippen LogP contribution in [0.5, 0.6) is 0 Å². The topological polar surface area (TPSA) is 17.1 Å². The first-order valence-electron chi connectivity index (χ1n) is 9.06. The Morgan fingerprint density at radius 1 is 1.04 bits per heavy atom. The summed E-state index contributed by atoms with van der Waals surface area (Å²) in [6, 6.07) is 7.85. The maximum atomic E-state index is 12.3. The number of carbonyl (C=O) groups is 1. The number of allylic oxidation sites excluding steroid dienone is 7. The summed E-state index contributed by atoms with van der Waals surface area (Å²) in [4.78, 5) is 12.3. The normalized spacial score (nSPS) is 13.4. The van der Waals surface area contributed by atoms with Crippen LogP contribution in [0.25, 0.3) is 5.57 Å². The minimum Gasteiger partial charge on any atom is -0.289 e. The minimum absolute atomic E-state index is 0.178. The zero-order chi connectivity index (χ0) is 18.4. The molecule has 0 fully saturated rings. The third kappa shape index (κ3) is 6.54. The fourth-order valence-electron chi connectivity index (χ4n) is 2.41. The first kappa shape index (κ1) is 21.9. The van der Waals surface area contributed by atoms with Gasteiger partial charge in [-0.15, -0.1) is 0 Å². The predicted octanol–water partition coefficient (Wildman–Crippen LogP) is 7.18. The molecule has 0 aliphatic heterocycles. The van der Waals surface area contributed by atoms with E-state index in [0.717, 1.165) is 41.5 Å². The van der Waals surface area contributed by atoms with Gasteiger partial charge in [-0.25, -0.2) is 0 Å². The highest BCUT2D eigenvalue weighted by atomic mass is 16.1. The van der Waals surface area contributed by atoms with E-state index in [-0.39, 0.29) is 5.78 Å². The molecular weight excluding hydrogens is 292 g/mol. The van der Waals surface area contributed by atoms with Gasteiger partial charge in [-0.3, -0.25) is 4.79 Å². The molecule has 0 unspecified atom stereocenters. The van der Waals surface area contributed by atoms with Gasteiger partial charge in [0.2, 0.25) is 0 Å². The van der Waals surface area contributed by atoms with Gasteiger partial charge >= 0.3 is 0 Å². The van der Waals surface area contributed by atoms with Crippen LogP contribution in [0.15, 0.2) is 66.8 Å². The van der Waals surface area contributed by atoms with Crippen LogP contribution in [0.4, 0.5) is 0 Å². The van der Waals surface area contributed by atoms with Crippen molar-refractivity contribution in [3.8, 4) is 0 Å². The lowest BCUT2D eigenvalue weighted by molar-refractivity contribution is 0.103. The van der Waals surface area contributed by atoms with Crippen molar-refractivity contribution in [1.82, 2.24) is 0 Å². The first-order chi connectivity index (χ1) is 11.8. The van der Waals surface area contributed by atoms with Crippen molar-refractivity contribution < 1.29 is 4.79 Å². The molecule has 0 bridgehead atoms. The van der Waals surface area contributed by atoms with E-state index in [1.165, 1.54) is 0 Å². The average Bonchev–Trinajstić information content (AvgIpc) is 3.20. The van der Waals surface area contributed by atoms with Crippen LogP contribution in [0, 0.1) is 0 Å². The van der Waals surface area contributed by atoms with Crippen LogP contribution in [0.1, 0.15) is 69.8 Å². The molecule has 0 saturated heterocycles. The summed E-state index contributed by atoms with van der Waals surface area (Å²) >= 11 is 0. The largest absolute Gasteiger partial charge is 0.289 e. The average molecular weight is 325 g/mol. The molecule has 1 aliphatic carbocycles. The molecule has 0 atom stereocenters. The summed E-state index contributed by atoms with van der Waals surface area (Å²) in [5, 5.41) is 0. The Balaban J connectivity index is 0.00000123. The number of Topliss-reactive ketones (excluding diaryl/α,β-unsaturated/α-hetero) is 1. The Morgan fingerprint density at radius 2 is 1.62 bits per heavy atom. The maximum absolute atomic E-state index is 12.3. The molecule has 1 heteroatoms. The molecule has 0 N–H and O–H groups in total. The van der Waals surface area contributed by atoms with E-state index in [0.29, 0.717) is 0 Å². The lowest BCUT2D eigenvalue weighted by Crippen LogP contribution is -2.01. The number of hydrogen-bond donors (Lipinski definition) is 0. The number of carbonyl (C=O) groups excluding carboxylic acids is 1.